The monoisotopic (exact) mass is 246 g/mol. The van der Waals surface area contributed by atoms with E-state index in [9.17, 15) is 14.4 Å². The highest BCUT2D eigenvalue weighted by Gasteiger charge is 2.07. The minimum atomic E-state index is -0.502. The fourth-order valence-electron chi connectivity index (χ4n) is 0.947. The Kier molecular flexibility index (Phi) is 8.72. The van der Waals surface area contributed by atoms with Crippen LogP contribution in [0.15, 0.2) is 0 Å². The molecular weight excluding hydrogens is 228 g/mol. The van der Waals surface area contributed by atoms with Gasteiger partial charge in [0, 0.05) is 6.42 Å². The highest BCUT2D eigenvalue weighted by Crippen LogP contribution is 1.95. The van der Waals surface area contributed by atoms with Gasteiger partial charge in [-0.3, -0.25) is 14.4 Å². The second-order valence-electron chi connectivity index (χ2n) is 3.27. The maximum atomic E-state index is 11.1. The van der Waals surface area contributed by atoms with Gasteiger partial charge in [0.2, 0.25) is 0 Å². The van der Waals surface area contributed by atoms with E-state index in [2.05, 4.69) is 4.74 Å². The summed E-state index contributed by atoms with van der Waals surface area (Å²) in [5.41, 5.74) is 0. The van der Waals surface area contributed by atoms with E-state index in [0.29, 0.717) is 12.8 Å². The molecule has 0 aromatic rings. The Labute approximate surface area is 100 Å². The number of hydrogen-bond donors (Lipinski definition) is 0. The summed E-state index contributed by atoms with van der Waals surface area (Å²) in [6.07, 6.45) is 1.08. The third-order valence-electron chi connectivity index (χ3n) is 1.82. The Morgan fingerprint density at radius 1 is 0.824 bits per heavy atom. The molecule has 0 atom stereocenters. The molecule has 17 heavy (non-hydrogen) atoms. The first kappa shape index (κ1) is 15.4. The Hall–Kier alpha value is -1.59. The molecule has 0 amide bonds. The van der Waals surface area contributed by atoms with Crippen LogP contribution in [0, 0.1) is 0 Å². The molecule has 0 aliphatic carbocycles. The van der Waals surface area contributed by atoms with Crippen molar-refractivity contribution in [2.24, 2.45) is 0 Å². The van der Waals surface area contributed by atoms with Crippen LogP contribution in [-0.2, 0) is 28.6 Å². The van der Waals surface area contributed by atoms with E-state index in [4.69, 9.17) is 9.47 Å². The third-order valence-corrected chi connectivity index (χ3v) is 1.82. The largest absolute Gasteiger partial charge is 0.469 e. The van der Waals surface area contributed by atoms with E-state index in [1.54, 1.807) is 0 Å². The van der Waals surface area contributed by atoms with Gasteiger partial charge in [0.15, 0.2) is 0 Å². The zero-order valence-electron chi connectivity index (χ0n) is 10.2. The summed E-state index contributed by atoms with van der Waals surface area (Å²) in [5.74, 6) is -1.26. The highest BCUT2D eigenvalue weighted by atomic mass is 16.6. The van der Waals surface area contributed by atoms with Crippen LogP contribution in [0.5, 0.6) is 0 Å². The normalized spacial score (nSPS) is 9.53. The molecule has 0 saturated carbocycles. The van der Waals surface area contributed by atoms with Crippen LogP contribution < -0.4 is 0 Å². The average molecular weight is 246 g/mol. The van der Waals surface area contributed by atoms with Crippen molar-refractivity contribution in [3.63, 3.8) is 0 Å². The van der Waals surface area contributed by atoms with Crippen LogP contribution in [0.4, 0.5) is 0 Å². The molecule has 0 aliphatic heterocycles. The molecule has 0 spiro atoms. The second kappa shape index (κ2) is 9.62. The standard InChI is InChI=1S/C11H18O6/c1-3-4-10(13)16-8-6-11(14)17-7-5-9(12)15-2/h3-8H2,1-2H3. The Bertz CT molecular complexity index is 261. The molecule has 0 saturated heterocycles. The number of hydrogen-bond acceptors (Lipinski definition) is 6. The quantitative estimate of drug-likeness (QED) is 0.466. The SMILES string of the molecule is CCCC(=O)OCCC(=O)OCCC(=O)OC. The van der Waals surface area contributed by atoms with E-state index in [1.165, 1.54) is 7.11 Å². The van der Waals surface area contributed by atoms with Gasteiger partial charge in [0.25, 0.3) is 0 Å². The zero-order chi connectivity index (χ0) is 13.1. The van der Waals surface area contributed by atoms with Crippen molar-refractivity contribution in [3.8, 4) is 0 Å². The second-order valence-corrected chi connectivity index (χ2v) is 3.27. The van der Waals surface area contributed by atoms with Crippen molar-refractivity contribution < 1.29 is 28.6 Å². The Morgan fingerprint density at radius 3 is 1.76 bits per heavy atom. The van der Waals surface area contributed by atoms with Crippen molar-refractivity contribution in [1.29, 1.82) is 0 Å². The predicted molar refractivity (Wildman–Crippen MR) is 58.1 cm³/mol. The lowest BCUT2D eigenvalue weighted by Crippen LogP contribution is -2.14. The van der Waals surface area contributed by atoms with Gasteiger partial charge < -0.3 is 14.2 Å². The fourth-order valence-corrected chi connectivity index (χ4v) is 0.947. The molecule has 0 radical (unpaired) electrons. The molecule has 0 unspecified atom stereocenters. The summed E-state index contributed by atoms with van der Waals surface area (Å²) < 4.78 is 13.9. The molecule has 6 nitrogen and oxygen atoms in total. The summed E-state index contributed by atoms with van der Waals surface area (Å²) in [4.78, 5) is 32.7. The van der Waals surface area contributed by atoms with Crippen LogP contribution in [0.3, 0.4) is 0 Å². The molecule has 6 heteroatoms. The summed E-state index contributed by atoms with van der Waals surface area (Å²) in [5, 5.41) is 0. The van der Waals surface area contributed by atoms with Gasteiger partial charge in [-0.25, -0.2) is 0 Å². The topological polar surface area (TPSA) is 78.9 Å². The molecule has 0 heterocycles. The van der Waals surface area contributed by atoms with Crippen molar-refractivity contribution in [2.45, 2.75) is 32.6 Å². The maximum absolute atomic E-state index is 11.1. The number of carbonyl (C=O) groups excluding carboxylic acids is 3. The van der Waals surface area contributed by atoms with Gasteiger partial charge in [-0.05, 0) is 6.42 Å². The van der Waals surface area contributed by atoms with Crippen molar-refractivity contribution in [1.82, 2.24) is 0 Å². The molecule has 0 aromatic carbocycles. The van der Waals surface area contributed by atoms with Crippen molar-refractivity contribution >= 4 is 17.9 Å². The molecule has 0 bridgehead atoms. The van der Waals surface area contributed by atoms with E-state index in [0.717, 1.165) is 0 Å². The lowest BCUT2D eigenvalue weighted by Gasteiger charge is -2.05. The number of carbonyl (C=O) groups is 3. The number of rotatable bonds is 8. The molecule has 98 valence electrons. The van der Waals surface area contributed by atoms with Crippen LogP contribution in [0.25, 0.3) is 0 Å². The van der Waals surface area contributed by atoms with E-state index in [1.807, 2.05) is 6.92 Å². The zero-order valence-corrected chi connectivity index (χ0v) is 10.2. The smallest absolute Gasteiger partial charge is 0.309 e. The first-order valence-corrected chi connectivity index (χ1v) is 5.48. The Morgan fingerprint density at radius 2 is 1.29 bits per heavy atom. The minimum absolute atomic E-state index is 0.00335. The molecule has 0 rings (SSSR count). The van der Waals surface area contributed by atoms with Crippen LogP contribution >= 0.6 is 0 Å². The summed E-state index contributed by atoms with van der Waals surface area (Å²) >= 11 is 0. The maximum Gasteiger partial charge on any atom is 0.309 e. The number of esters is 3. The van der Waals surface area contributed by atoms with Gasteiger partial charge in [-0.2, -0.15) is 0 Å². The fraction of sp³-hybridized carbons (Fsp3) is 0.727. The van der Waals surface area contributed by atoms with E-state index < -0.39 is 11.9 Å². The Balaban J connectivity index is 3.47. The molecular formula is C11H18O6. The van der Waals surface area contributed by atoms with E-state index >= 15 is 0 Å². The lowest BCUT2D eigenvalue weighted by molar-refractivity contribution is -0.150. The average Bonchev–Trinajstić information content (AvgIpc) is 2.29. The molecule has 0 fully saturated rings. The predicted octanol–water partition coefficient (Wildman–Crippen LogP) is 0.826. The minimum Gasteiger partial charge on any atom is -0.469 e. The molecule has 0 aromatic heterocycles. The summed E-state index contributed by atoms with van der Waals surface area (Å²) in [6.45, 7) is 1.85. The van der Waals surface area contributed by atoms with Crippen molar-refractivity contribution in [2.75, 3.05) is 20.3 Å². The van der Waals surface area contributed by atoms with E-state index in [-0.39, 0.29) is 32.0 Å². The van der Waals surface area contributed by atoms with Crippen LogP contribution in [-0.4, -0.2) is 38.2 Å². The van der Waals surface area contributed by atoms with Crippen molar-refractivity contribution in [3.05, 3.63) is 0 Å². The van der Waals surface area contributed by atoms with Gasteiger partial charge in [0.1, 0.15) is 13.2 Å². The number of methoxy groups -OCH3 is 1. The third kappa shape index (κ3) is 9.35. The van der Waals surface area contributed by atoms with Gasteiger partial charge in [-0.15, -0.1) is 0 Å². The van der Waals surface area contributed by atoms with Gasteiger partial charge >= 0.3 is 17.9 Å². The summed E-state index contributed by atoms with van der Waals surface area (Å²) in [6, 6.07) is 0. The van der Waals surface area contributed by atoms with Crippen LogP contribution in [0.2, 0.25) is 0 Å². The highest BCUT2D eigenvalue weighted by molar-refractivity contribution is 5.72. The van der Waals surface area contributed by atoms with Crippen LogP contribution in [0.1, 0.15) is 32.6 Å². The van der Waals surface area contributed by atoms with Gasteiger partial charge in [-0.1, -0.05) is 6.92 Å². The lowest BCUT2D eigenvalue weighted by atomic mass is 10.3. The molecule has 0 N–H and O–H groups in total. The summed E-state index contributed by atoms with van der Waals surface area (Å²) in [7, 11) is 1.26. The first-order chi connectivity index (χ1) is 8.10. The first-order valence-electron chi connectivity index (χ1n) is 5.48. The van der Waals surface area contributed by atoms with Gasteiger partial charge in [0.05, 0.1) is 20.0 Å². The molecule has 0 aliphatic rings. The number of ether oxygens (including phenoxy) is 3.